The van der Waals surface area contributed by atoms with Gasteiger partial charge in [0.05, 0.1) is 29.6 Å². The van der Waals surface area contributed by atoms with Crippen LogP contribution in [-0.4, -0.2) is 83.3 Å². The van der Waals surface area contributed by atoms with E-state index in [9.17, 15) is 24.3 Å². The Kier molecular flexibility index (Phi) is 11.8. The van der Waals surface area contributed by atoms with Gasteiger partial charge in [0.15, 0.2) is 24.0 Å². The molecule has 0 bridgehead atoms. The van der Waals surface area contributed by atoms with Crippen molar-refractivity contribution in [1.29, 1.82) is 0 Å². The summed E-state index contributed by atoms with van der Waals surface area (Å²) in [5.74, 6) is -1.27. The molecular weight excluding hydrogens is 684 g/mol. The maximum absolute atomic E-state index is 14.0. The highest BCUT2D eigenvalue weighted by atomic mass is 16.7. The molecule has 1 aromatic heterocycles. The van der Waals surface area contributed by atoms with Crippen molar-refractivity contribution < 1.29 is 43.2 Å². The Morgan fingerprint density at radius 2 is 1.85 bits per heavy atom. The van der Waals surface area contributed by atoms with Gasteiger partial charge in [-0.2, -0.15) is 0 Å². The molecule has 2 aromatic carbocycles. The fourth-order valence-electron chi connectivity index (χ4n) is 6.80. The summed E-state index contributed by atoms with van der Waals surface area (Å²) in [6.45, 7) is 4.61. The van der Waals surface area contributed by atoms with Gasteiger partial charge in [0.1, 0.15) is 12.3 Å². The van der Waals surface area contributed by atoms with Crippen LogP contribution in [0.3, 0.4) is 0 Å². The lowest BCUT2D eigenvalue weighted by Crippen LogP contribution is -2.57. The number of fused-ring (bicyclic) bond motifs is 2. The molecule has 0 saturated carbocycles. The molecule has 3 aliphatic rings. The first kappa shape index (κ1) is 37.2. The van der Waals surface area contributed by atoms with Crippen LogP contribution in [0.2, 0.25) is 0 Å². The minimum Gasteiger partial charge on any atom is -0.504 e. The van der Waals surface area contributed by atoms with Gasteiger partial charge in [0.25, 0.3) is 11.8 Å². The number of ether oxygens (including phenoxy) is 4. The Labute approximate surface area is 307 Å². The number of anilines is 4. The topological polar surface area (TPSA) is 187 Å². The molecule has 4 amide bonds. The largest absolute Gasteiger partial charge is 0.504 e. The minimum absolute atomic E-state index is 0.0193. The first-order chi connectivity index (χ1) is 25.6. The number of benzene rings is 2. The number of carbonyl (C=O) groups excluding carboxylic acids is 4. The molecule has 53 heavy (non-hydrogen) atoms. The van der Waals surface area contributed by atoms with Gasteiger partial charge >= 0.3 is 6.09 Å². The van der Waals surface area contributed by atoms with Crippen molar-refractivity contribution in [2.75, 3.05) is 47.6 Å². The normalized spacial score (nSPS) is 19.7. The summed E-state index contributed by atoms with van der Waals surface area (Å²) in [7, 11) is 1.70. The van der Waals surface area contributed by atoms with E-state index in [1.54, 1.807) is 53.0 Å². The summed E-state index contributed by atoms with van der Waals surface area (Å²) in [6, 6.07) is 10.6. The molecule has 2 unspecified atom stereocenters. The van der Waals surface area contributed by atoms with E-state index in [4.69, 9.17) is 24.7 Å². The van der Waals surface area contributed by atoms with Gasteiger partial charge < -0.3 is 49.9 Å². The molecular formula is C38H46N6O9. The number of piperidine rings is 1. The number of hydrogen-bond donors (Lipinski definition) is 4. The fraction of sp³-hybridized carbons (Fsp3) is 0.421. The van der Waals surface area contributed by atoms with E-state index in [0.29, 0.717) is 48.7 Å². The number of rotatable bonds is 12. The molecule has 2 saturated heterocycles. The zero-order valence-corrected chi connectivity index (χ0v) is 29.8. The quantitative estimate of drug-likeness (QED) is 0.107. The summed E-state index contributed by atoms with van der Waals surface area (Å²) in [5, 5.41) is 16.6. The number of nitrogens with one attached hydrogen (secondary N) is 2. The zero-order chi connectivity index (χ0) is 37.5. The Morgan fingerprint density at radius 3 is 2.60 bits per heavy atom. The predicted octanol–water partition coefficient (Wildman–Crippen LogP) is 5.37. The number of nitrogen functional groups attached to an aromatic ring is 1. The Hall–Kier alpha value is -5.54. The average Bonchev–Trinajstić information content (AvgIpc) is 3.49. The van der Waals surface area contributed by atoms with Crippen LogP contribution in [-0.2, 0) is 26.1 Å². The van der Waals surface area contributed by atoms with E-state index >= 15 is 0 Å². The minimum atomic E-state index is -0.927. The molecule has 3 atom stereocenters. The number of carbonyl (C=O) groups is 4. The molecule has 0 spiro atoms. The second kappa shape index (κ2) is 16.9. The maximum Gasteiger partial charge on any atom is 0.416 e. The van der Waals surface area contributed by atoms with Crippen LogP contribution < -0.4 is 26.0 Å². The van der Waals surface area contributed by atoms with Gasteiger partial charge in [-0.25, -0.2) is 9.69 Å². The van der Waals surface area contributed by atoms with E-state index in [1.807, 2.05) is 0 Å². The fourth-order valence-corrected chi connectivity index (χ4v) is 6.80. The Bertz CT molecular complexity index is 1820. The summed E-state index contributed by atoms with van der Waals surface area (Å²) in [5.41, 5.74) is 7.95. The summed E-state index contributed by atoms with van der Waals surface area (Å²) in [4.78, 5) is 56.5. The molecule has 3 aliphatic heterocycles. The molecule has 0 aliphatic carbocycles. The first-order valence-electron chi connectivity index (χ1n) is 17.9. The van der Waals surface area contributed by atoms with Gasteiger partial charge in [0.2, 0.25) is 5.91 Å². The zero-order valence-electron chi connectivity index (χ0n) is 29.8. The highest BCUT2D eigenvalue weighted by Gasteiger charge is 2.46. The second-order valence-corrected chi connectivity index (χ2v) is 13.3. The van der Waals surface area contributed by atoms with Crippen LogP contribution >= 0.6 is 0 Å². The van der Waals surface area contributed by atoms with Crippen LogP contribution in [0.25, 0.3) is 0 Å². The van der Waals surface area contributed by atoms with E-state index in [1.165, 1.54) is 23.1 Å². The molecule has 282 valence electrons. The number of amides is 4. The lowest BCUT2D eigenvalue weighted by molar-refractivity contribution is -0.198. The molecule has 0 radical (unpaired) electrons. The van der Waals surface area contributed by atoms with Crippen LogP contribution in [0.15, 0.2) is 61.3 Å². The van der Waals surface area contributed by atoms with E-state index in [-0.39, 0.29) is 66.5 Å². The summed E-state index contributed by atoms with van der Waals surface area (Å²) in [6.07, 6.45) is 5.86. The van der Waals surface area contributed by atoms with Crippen molar-refractivity contribution in [2.45, 2.75) is 69.9 Å². The molecule has 5 N–H and O–H groups in total. The highest BCUT2D eigenvalue weighted by molar-refractivity contribution is 6.06. The Balaban J connectivity index is 1.14. The van der Waals surface area contributed by atoms with Crippen molar-refractivity contribution in [2.24, 2.45) is 7.05 Å². The van der Waals surface area contributed by atoms with Crippen LogP contribution in [0.5, 0.6) is 11.5 Å². The van der Waals surface area contributed by atoms with Crippen molar-refractivity contribution >= 4 is 46.6 Å². The number of nitrogens with two attached hydrogens (primary N) is 1. The van der Waals surface area contributed by atoms with Gasteiger partial charge in [-0.05, 0) is 81.3 Å². The van der Waals surface area contributed by atoms with Gasteiger partial charge in [-0.3, -0.25) is 14.4 Å². The number of aromatic nitrogens is 1. The third kappa shape index (κ3) is 8.75. The van der Waals surface area contributed by atoms with Crippen molar-refractivity contribution in [3.05, 3.63) is 72.6 Å². The third-order valence-corrected chi connectivity index (χ3v) is 9.41. The van der Waals surface area contributed by atoms with Crippen molar-refractivity contribution in [3.63, 3.8) is 0 Å². The van der Waals surface area contributed by atoms with Crippen molar-refractivity contribution in [1.82, 2.24) is 9.47 Å². The molecule has 2 fully saturated rings. The predicted molar refractivity (Wildman–Crippen MR) is 197 cm³/mol. The Morgan fingerprint density at radius 1 is 1.06 bits per heavy atom. The lowest BCUT2D eigenvalue weighted by Gasteiger charge is -2.42. The van der Waals surface area contributed by atoms with Crippen LogP contribution in [0.1, 0.15) is 72.2 Å². The van der Waals surface area contributed by atoms with Crippen LogP contribution in [0, 0.1) is 0 Å². The first-order valence-corrected chi connectivity index (χ1v) is 17.9. The number of phenolic OH excluding ortho intramolecular Hbond substituents is 1. The average molecular weight is 731 g/mol. The summed E-state index contributed by atoms with van der Waals surface area (Å²) >= 11 is 0. The van der Waals surface area contributed by atoms with E-state index in [2.05, 4.69) is 17.2 Å². The third-order valence-electron chi connectivity index (χ3n) is 9.41. The molecule has 6 rings (SSSR count). The van der Waals surface area contributed by atoms with Gasteiger partial charge in [-0.15, -0.1) is 0 Å². The number of phenols is 1. The monoisotopic (exact) mass is 730 g/mol. The number of hydrogen-bond acceptors (Lipinski definition) is 10. The maximum atomic E-state index is 14.0. The van der Waals surface area contributed by atoms with E-state index in [0.717, 1.165) is 25.7 Å². The number of aromatic hydroxyl groups is 1. The highest BCUT2D eigenvalue weighted by Crippen LogP contribution is 2.42. The standard InChI is InChI=1S/C38H46N6O9/c1-3-17-52-38(49)44-29-22-32(31(45)21-27(29)36(48)43-16-6-4-9-28(43)37(44)53-34-11-5-7-18-51-34)50-19-8-10-33(46)40-26-20-30(42(2)23-26)35(47)41-25-14-12-24(39)13-15-25/h3,12-15,20-23,28,34,37,45H,1,4-11,16-19,39H2,2H3,(H,40,46)(H,41,47)/t28-,34?,37?/m0/s1. The number of aryl methyl sites for hydroxylation is 1. The summed E-state index contributed by atoms with van der Waals surface area (Å²) < 4.78 is 25.5. The number of nitrogens with zero attached hydrogens (tertiary/aromatic N) is 3. The SMILES string of the molecule is C=CCOC(=O)N1c2cc(OCCCC(=O)Nc3cc(C(=O)Nc4ccc(N)cc4)n(C)c3)c(O)cc2C(=O)N2CCCC[C@H]2C1OC1CCCCO1. The van der Waals surface area contributed by atoms with Gasteiger partial charge in [0, 0.05) is 50.3 Å². The van der Waals surface area contributed by atoms with Crippen LogP contribution in [0.4, 0.5) is 27.5 Å². The molecule has 4 heterocycles. The molecule has 15 heteroatoms. The van der Waals surface area contributed by atoms with Gasteiger partial charge in [-0.1, -0.05) is 12.7 Å². The van der Waals surface area contributed by atoms with Crippen molar-refractivity contribution in [3.8, 4) is 11.5 Å². The lowest BCUT2D eigenvalue weighted by atomic mass is 10.00. The molecule has 15 nitrogen and oxygen atoms in total. The second-order valence-electron chi connectivity index (χ2n) is 13.3. The van der Waals surface area contributed by atoms with E-state index < -0.39 is 24.7 Å². The smallest absolute Gasteiger partial charge is 0.416 e. The molecule has 3 aromatic rings.